The summed E-state index contributed by atoms with van der Waals surface area (Å²) in [5.74, 6) is -0.379. The summed E-state index contributed by atoms with van der Waals surface area (Å²) in [6, 6.07) is 5.66. The van der Waals surface area contributed by atoms with Crippen LogP contribution in [0.4, 0.5) is 0 Å². The van der Waals surface area contributed by atoms with Gasteiger partial charge in [-0.25, -0.2) is 4.79 Å². The number of nitrogens with zero attached hydrogens (tertiary/aromatic N) is 2. The topological polar surface area (TPSA) is 44.1 Å². The lowest BCUT2D eigenvalue weighted by Crippen LogP contribution is -2.06. The van der Waals surface area contributed by atoms with Gasteiger partial charge in [0.25, 0.3) is 0 Å². The van der Waals surface area contributed by atoms with Crippen LogP contribution in [-0.4, -0.2) is 22.4 Å². The molecule has 0 bridgehead atoms. The number of rotatable bonds is 2. The summed E-state index contributed by atoms with van der Waals surface area (Å²) in [6.07, 6.45) is 0. The van der Waals surface area contributed by atoms with Gasteiger partial charge in [0.15, 0.2) is 5.69 Å². The molecule has 0 aliphatic heterocycles. The molecule has 4 nitrogen and oxygen atoms in total. The van der Waals surface area contributed by atoms with Gasteiger partial charge in [-0.1, -0.05) is 15.9 Å². The van der Waals surface area contributed by atoms with Crippen LogP contribution in [0, 0.1) is 0 Å². The normalized spacial score (nSPS) is 10.7. The molecule has 0 fully saturated rings. The van der Waals surface area contributed by atoms with Crippen LogP contribution in [0.1, 0.15) is 17.4 Å². The van der Waals surface area contributed by atoms with Gasteiger partial charge in [-0.05, 0) is 25.1 Å². The van der Waals surface area contributed by atoms with E-state index in [2.05, 4.69) is 21.0 Å². The number of ether oxygens (including phenoxy) is 1. The first-order chi connectivity index (χ1) is 7.63. The lowest BCUT2D eigenvalue weighted by Gasteiger charge is -1.97. The average molecular weight is 283 g/mol. The Kier molecular flexibility index (Phi) is 2.96. The number of aryl methyl sites for hydroxylation is 1. The second-order valence-electron chi connectivity index (χ2n) is 3.35. The zero-order valence-electron chi connectivity index (χ0n) is 9.03. The Morgan fingerprint density at radius 1 is 1.56 bits per heavy atom. The highest BCUT2D eigenvalue weighted by atomic mass is 79.9. The second-order valence-corrected chi connectivity index (χ2v) is 4.27. The monoisotopic (exact) mass is 282 g/mol. The van der Waals surface area contributed by atoms with Crippen LogP contribution in [0.5, 0.6) is 0 Å². The molecule has 0 spiro atoms. The van der Waals surface area contributed by atoms with E-state index in [1.165, 1.54) is 0 Å². The van der Waals surface area contributed by atoms with E-state index in [1.54, 1.807) is 18.7 Å². The molecule has 1 heterocycles. The van der Waals surface area contributed by atoms with Crippen molar-refractivity contribution in [2.45, 2.75) is 6.92 Å². The van der Waals surface area contributed by atoms with Crippen molar-refractivity contribution in [1.82, 2.24) is 9.78 Å². The summed E-state index contributed by atoms with van der Waals surface area (Å²) in [5, 5.41) is 4.98. The average Bonchev–Trinajstić information content (AvgIpc) is 2.56. The predicted molar refractivity (Wildman–Crippen MR) is 64.4 cm³/mol. The lowest BCUT2D eigenvalue weighted by molar-refractivity contribution is 0.0521. The third kappa shape index (κ3) is 1.82. The summed E-state index contributed by atoms with van der Waals surface area (Å²) >= 11 is 3.39. The van der Waals surface area contributed by atoms with E-state index < -0.39 is 0 Å². The van der Waals surface area contributed by atoms with E-state index in [9.17, 15) is 4.79 Å². The number of carbonyl (C=O) groups excluding carboxylic acids is 1. The first kappa shape index (κ1) is 11.1. The second kappa shape index (κ2) is 4.25. The summed E-state index contributed by atoms with van der Waals surface area (Å²) in [7, 11) is 1.80. The van der Waals surface area contributed by atoms with Gasteiger partial charge in [0.1, 0.15) is 0 Å². The van der Waals surface area contributed by atoms with Crippen molar-refractivity contribution in [3.05, 3.63) is 28.4 Å². The largest absolute Gasteiger partial charge is 0.461 e. The molecule has 0 atom stereocenters. The van der Waals surface area contributed by atoms with Gasteiger partial charge < -0.3 is 4.74 Å². The predicted octanol–water partition coefficient (Wildman–Crippen LogP) is 2.51. The molecule has 2 aromatic rings. The Morgan fingerprint density at radius 2 is 2.31 bits per heavy atom. The highest BCUT2D eigenvalue weighted by molar-refractivity contribution is 9.10. The SMILES string of the molecule is CCOC(=O)c1nn(C)c2cc(Br)ccc12. The molecule has 0 saturated carbocycles. The summed E-state index contributed by atoms with van der Waals surface area (Å²) in [6.45, 7) is 2.13. The summed E-state index contributed by atoms with van der Waals surface area (Å²) in [4.78, 5) is 11.6. The lowest BCUT2D eigenvalue weighted by atomic mass is 10.2. The highest BCUT2D eigenvalue weighted by Crippen LogP contribution is 2.22. The molecule has 0 N–H and O–H groups in total. The summed E-state index contributed by atoms with van der Waals surface area (Å²) < 4.78 is 7.58. The van der Waals surface area contributed by atoms with Crippen LogP contribution in [0.3, 0.4) is 0 Å². The van der Waals surface area contributed by atoms with Crippen LogP contribution in [0.25, 0.3) is 10.9 Å². The van der Waals surface area contributed by atoms with Gasteiger partial charge in [-0.2, -0.15) is 5.10 Å². The number of aromatic nitrogens is 2. The molecule has 0 unspecified atom stereocenters. The van der Waals surface area contributed by atoms with E-state index in [4.69, 9.17) is 4.74 Å². The maximum atomic E-state index is 11.6. The molecule has 0 saturated heterocycles. The number of hydrogen-bond acceptors (Lipinski definition) is 3. The fraction of sp³-hybridized carbons (Fsp3) is 0.273. The van der Waals surface area contributed by atoms with Crippen LogP contribution >= 0.6 is 15.9 Å². The smallest absolute Gasteiger partial charge is 0.359 e. The van der Waals surface area contributed by atoms with Crippen molar-refractivity contribution < 1.29 is 9.53 Å². The van der Waals surface area contributed by atoms with Crippen LogP contribution in [-0.2, 0) is 11.8 Å². The minimum atomic E-state index is -0.379. The van der Waals surface area contributed by atoms with E-state index >= 15 is 0 Å². The Balaban J connectivity index is 2.59. The molecule has 1 aromatic carbocycles. The zero-order valence-corrected chi connectivity index (χ0v) is 10.6. The standard InChI is InChI=1S/C11H11BrN2O2/c1-3-16-11(15)10-8-5-4-7(12)6-9(8)14(2)13-10/h4-6H,3H2,1-2H3. The molecule has 0 radical (unpaired) electrons. The zero-order chi connectivity index (χ0) is 11.7. The Hall–Kier alpha value is -1.36. The van der Waals surface area contributed by atoms with E-state index in [0.717, 1.165) is 15.4 Å². The van der Waals surface area contributed by atoms with Gasteiger partial charge in [0, 0.05) is 16.9 Å². The first-order valence-electron chi connectivity index (χ1n) is 4.93. The molecule has 1 aromatic heterocycles. The molecule has 0 amide bonds. The van der Waals surface area contributed by atoms with E-state index in [-0.39, 0.29) is 5.97 Å². The van der Waals surface area contributed by atoms with E-state index in [1.807, 2.05) is 18.2 Å². The third-order valence-corrected chi connectivity index (χ3v) is 2.78. The van der Waals surface area contributed by atoms with Crippen molar-refractivity contribution >= 4 is 32.8 Å². The molecule has 84 valence electrons. The van der Waals surface area contributed by atoms with Crippen molar-refractivity contribution in [1.29, 1.82) is 0 Å². The maximum Gasteiger partial charge on any atom is 0.359 e. The van der Waals surface area contributed by atoms with Crippen LogP contribution < -0.4 is 0 Å². The minimum absolute atomic E-state index is 0.355. The molecule has 0 aliphatic carbocycles. The number of hydrogen-bond donors (Lipinski definition) is 0. The van der Waals surface area contributed by atoms with Crippen molar-refractivity contribution in [2.24, 2.45) is 7.05 Å². The van der Waals surface area contributed by atoms with Gasteiger partial charge >= 0.3 is 5.97 Å². The quantitative estimate of drug-likeness (QED) is 0.795. The van der Waals surface area contributed by atoms with Crippen molar-refractivity contribution in [3.8, 4) is 0 Å². The Labute approximate surface area is 101 Å². The maximum absolute atomic E-state index is 11.6. The molecule has 16 heavy (non-hydrogen) atoms. The number of benzene rings is 1. The van der Waals surface area contributed by atoms with Gasteiger partial charge in [-0.15, -0.1) is 0 Å². The third-order valence-electron chi connectivity index (χ3n) is 2.28. The number of halogens is 1. The molecule has 0 aliphatic rings. The van der Waals surface area contributed by atoms with Crippen LogP contribution in [0.2, 0.25) is 0 Å². The number of carbonyl (C=O) groups is 1. The van der Waals surface area contributed by atoms with Crippen LogP contribution in [0.15, 0.2) is 22.7 Å². The minimum Gasteiger partial charge on any atom is -0.461 e. The van der Waals surface area contributed by atoms with Gasteiger partial charge in [-0.3, -0.25) is 4.68 Å². The van der Waals surface area contributed by atoms with E-state index in [0.29, 0.717) is 12.3 Å². The Morgan fingerprint density at radius 3 is 3.00 bits per heavy atom. The van der Waals surface area contributed by atoms with Crippen molar-refractivity contribution in [2.75, 3.05) is 6.61 Å². The van der Waals surface area contributed by atoms with Gasteiger partial charge in [0.2, 0.25) is 0 Å². The fourth-order valence-electron chi connectivity index (χ4n) is 1.58. The molecule has 2 rings (SSSR count). The Bertz CT molecular complexity index is 548. The summed E-state index contributed by atoms with van der Waals surface area (Å²) in [5.41, 5.74) is 1.27. The fourth-order valence-corrected chi connectivity index (χ4v) is 1.93. The molecular weight excluding hydrogens is 272 g/mol. The molecular formula is C11H11BrN2O2. The first-order valence-corrected chi connectivity index (χ1v) is 5.72. The van der Waals surface area contributed by atoms with Gasteiger partial charge in [0.05, 0.1) is 12.1 Å². The number of fused-ring (bicyclic) bond motifs is 1. The highest BCUT2D eigenvalue weighted by Gasteiger charge is 2.16. The molecule has 5 heteroatoms. The van der Waals surface area contributed by atoms with Crippen molar-refractivity contribution in [3.63, 3.8) is 0 Å². The number of esters is 1.